The maximum atomic E-state index is 13.2. The lowest BCUT2D eigenvalue weighted by molar-refractivity contribution is 0.0944. The molecule has 3 nitrogen and oxygen atoms in total. The Balaban J connectivity index is 1.80. The van der Waals surface area contributed by atoms with Gasteiger partial charge in [-0.25, -0.2) is 4.68 Å². The minimum absolute atomic E-state index is 0.113. The first-order chi connectivity index (χ1) is 14.4. The highest BCUT2D eigenvalue weighted by Gasteiger charge is 2.25. The Kier molecular flexibility index (Phi) is 6.66. The second kappa shape index (κ2) is 9.25. The summed E-state index contributed by atoms with van der Waals surface area (Å²) >= 11 is 16.1. The Morgan fingerprint density at radius 3 is 2.47 bits per heavy atom. The molecule has 2 aromatic carbocycles. The summed E-state index contributed by atoms with van der Waals surface area (Å²) in [6, 6.07) is 13.3. The first kappa shape index (κ1) is 21.6. The Bertz CT molecular complexity index is 1070. The van der Waals surface area contributed by atoms with Gasteiger partial charge in [-0.1, -0.05) is 83.4 Å². The molecule has 6 heteroatoms. The van der Waals surface area contributed by atoms with E-state index in [9.17, 15) is 4.79 Å². The molecular weight excluding hydrogens is 483 g/mol. The zero-order valence-electron chi connectivity index (χ0n) is 16.8. The van der Waals surface area contributed by atoms with Crippen LogP contribution >= 0.6 is 39.1 Å². The summed E-state index contributed by atoms with van der Waals surface area (Å²) in [5.74, 6) is 0.577. The van der Waals surface area contributed by atoms with Crippen LogP contribution in [-0.2, 0) is 0 Å². The van der Waals surface area contributed by atoms with Crippen molar-refractivity contribution >= 4 is 44.9 Å². The molecule has 0 bridgehead atoms. The maximum Gasteiger partial charge on any atom is 0.183 e. The van der Waals surface area contributed by atoms with Crippen molar-refractivity contribution in [2.24, 2.45) is 5.92 Å². The van der Waals surface area contributed by atoms with Crippen molar-refractivity contribution in [3.8, 4) is 16.9 Å². The van der Waals surface area contributed by atoms with Gasteiger partial charge in [-0.2, -0.15) is 5.10 Å². The van der Waals surface area contributed by atoms with E-state index in [-0.39, 0.29) is 5.78 Å². The van der Waals surface area contributed by atoms with E-state index in [4.69, 9.17) is 28.3 Å². The molecule has 1 saturated carbocycles. The van der Waals surface area contributed by atoms with E-state index in [2.05, 4.69) is 15.9 Å². The standard InChI is InChI=1S/C24H23BrCl2N2O/c1-15-23(22(30)13-16-5-3-2-4-6-16)28-29(21-12-11-19(26)14-20(21)27)24(15)17-7-9-18(25)10-8-17/h7-12,14,16H,2-6,13H2,1H3. The molecule has 1 heterocycles. The zero-order valence-corrected chi connectivity index (χ0v) is 19.9. The number of ketones is 1. The molecule has 0 N–H and O–H groups in total. The molecule has 1 aliphatic rings. The summed E-state index contributed by atoms with van der Waals surface area (Å²) in [4.78, 5) is 13.2. The number of nitrogens with zero attached hydrogens (tertiary/aromatic N) is 2. The highest BCUT2D eigenvalue weighted by Crippen LogP contribution is 2.35. The molecule has 0 aliphatic heterocycles. The average molecular weight is 506 g/mol. The van der Waals surface area contributed by atoms with Crippen LogP contribution in [0.5, 0.6) is 0 Å². The van der Waals surface area contributed by atoms with Gasteiger partial charge >= 0.3 is 0 Å². The lowest BCUT2D eigenvalue weighted by Gasteiger charge is -2.20. The molecule has 1 aliphatic carbocycles. The Morgan fingerprint density at radius 1 is 1.10 bits per heavy atom. The quantitative estimate of drug-likeness (QED) is 0.328. The van der Waals surface area contributed by atoms with Gasteiger partial charge in [0.05, 0.1) is 16.4 Å². The first-order valence-corrected chi connectivity index (χ1v) is 11.8. The fraction of sp³-hybridized carbons (Fsp3) is 0.333. The van der Waals surface area contributed by atoms with Gasteiger partial charge < -0.3 is 0 Å². The van der Waals surface area contributed by atoms with E-state index in [1.165, 1.54) is 19.3 Å². The Morgan fingerprint density at radius 2 is 1.80 bits per heavy atom. The van der Waals surface area contributed by atoms with Crippen LogP contribution < -0.4 is 0 Å². The van der Waals surface area contributed by atoms with Crippen LogP contribution in [0.2, 0.25) is 10.0 Å². The summed E-state index contributed by atoms with van der Waals surface area (Å²) < 4.78 is 2.78. The summed E-state index contributed by atoms with van der Waals surface area (Å²) in [7, 11) is 0. The van der Waals surface area contributed by atoms with Gasteiger partial charge in [0.2, 0.25) is 0 Å². The van der Waals surface area contributed by atoms with Crippen molar-refractivity contribution in [2.75, 3.05) is 0 Å². The average Bonchev–Trinajstić information content (AvgIpc) is 3.06. The minimum atomic E-state index is 0.113. The lowest BCUT2D eigenvalue weighted by Crippen LogP contribution is -2.13. The van der Waals surface area contributed by atoms with Gasteiger partial charge in [-0.05, 0) is 43.2 Å². The predicted molar refractivity (Wildman–Crippen MR) is 127 cm³/mol. The molecule has 156 valence electrons. The molecule has 4 rings (SSSR count). The molecule has 0 radical (unpaired) electrons. The third kappa shape index (κ3) is 4.51. The number of Topliss-reactive ketones (excluding diaryl/α,β-unsaturated/α-hetero) is 1. The molecule has 1 fully saturated rings. The highest BCUT2D eigenvalue weighted by molar-refractivity contribution is 9.10. The maximum absolute atomic E-state index is 13.2. The van der Waals surface area contributed by atoms with Gasteiger partial charge in [0, 0.05) is 27.0 Å². The SMILES string of the molecule is Cc1c(C(=O)CC2CCCCC2)nn(-c2ccc(Cl)cc2Cl)c1-c1ccc(Br)cc1. The smallest absolute Gasteiger partial charge is 0.183 e. The third-order valence-corrected chi connectivity index (χ3v) is 6.91. The molecule has 0 spiro atoms. The normalized spacial score (nSPS) is 14.8. The molecular formula is C24H23BrCl2N2O. The van der Waals surface area contributed by atoms with E-state index >= 15 is 0 Å². The van der Waals surface area contributed by atoms with Crippen LogP contribution in [0, 0.1) is 12.8 Å². The van der Waals surface area contributed by atoms with Gasteiger partial charge in [-0.15, -0.1) is 0 Å². The van der Waals surface area contributed by atoms with E-state index in [0.717, 1.165) is 34.1 Å². The van der Waals surface area contributed by atoms with Crippen LogP contribution in [0.25, 0.3) is 16.9 Å². The van der Waals surface area contributed by atoms with Crippen molar-refractivity contribution in [3.05, 3.63) is 68.2 Å². The highest BCUT2D eigenvalue weighted by atomic mass is 79.9. The third-order valence-electron chi connectivity index (χ3n) is 5.84. The van der Waals surface area contributed by atoms with Gasteiger partial charge in [0.25, 0.3) is 0 Å². The molecule has 0 atom stereocenters. The van der Waals surface area contributed by atoms with E-state index in [0.29, 0.717) is 33.8 Å². The molecule has 3 aromatic rings. The molecule has 30 heavy (non-hydrogen) atoms. The number of hydrogen-bond donors (Lipinski definition) is 0. The number of aromatic nitrogens is 2. The van der Waals surface area contributed by atoms with Crippen LogP contribution in [0.15, 0.2) is 46.9 Å². The number of hydrogen-bond acceptors (Lipinski definition) is 2. The van der Waals surface area contributed by atoms with Crippen molar-refractivity contribution in [2.45, 2.75) is 45.4 Å². The fourth-order valence-corrected chi connectivity index (χ4v) is 5.04. The topological polar surface area (TPSA) is 34.9 Å². The first-order valence-electron chi connectivity index (χ1n) is 10.3. The molecule has 1 aromatic heterocycles. The monoisotopic (exact) mass is 504 g/mol. The molecule has 0 unspecified atom stereocenters. The Hall–Kier alpha value is -1.62. The number of halogens is 3. The number of carbonyl (C=O) groups is 1. The number of benzene rings is 2. The summed E-state index contributed by atoms with van der Waals surface area (Å²) in [6.07, 6.45) is 6.54. The predicted octanol–water partition coefficient (Wildman–Crippen LogP) is 8.07. The van der Waals surface area contributed by atoms with Crippen molar-refractivity contribution in [1.82, 2.24) is 9.78 Å². The van der Waals surface area contributed by atoms with Gasteiger partial charge in [0.15, 0.2) is 5.78 Å². The van der Waals surface area contributed by atoms with Crippen LogP contribution in [0.1, 0.15) is 54.6 Å². The van der Waals surface area contributed by atoms with Gasteiger partial charge in [-0.3, -0.25) is 4.79 Å². The van der Waals surface area contributed by atoms with Crippen molar-refractivity contribution < 1.29 is 4.79 Å². The van der Waals surface area contributed by atoms with E-state index in [1.807, 2.05) is 37.3 Å². The zero-order chi connectivity index (χ0) is 21.3. The number of rotatable bonds is 5. The van der Waals surface area contributed by atoms with Crippen LogP contribution in [-0.4, -0.2) is 15.6 Å². The molecule has 0 amide bonds. The number of carbonyl (C=O) groups excluding carboxylic acids is 1. The minimum Gasteiger partial charge on any atom is -0.292 e. The summed E-state index contributed by atoms with van der Waals surface area (Å²) in [6.45, 7) is 1.97. The fourth-order valence-electron chi connectivity index (χ4n) is 4.28. The Labute approximate surface area is 195 Å². The molecule has 0 saturated heterocycles. The summed E-state index contributed by atoms with van der Waals surface area (Å²) in [5.41, 5.74) is 3.97. The summed E-state index contributed by atoms with van der Waals surface area (Å²) in [5, 5.41) is 5.82. The van der Waals surface area contributed by atoms with Crippen LogP contribution in [0.4, 0.5) is 0 Å². The largest absolute Gasteiger partial charge is 0.292 e. The second-order valence-corrected chi connectivity index (χ2v) is 9.73. The van der Waals surface area contributed by atoms with E-state index < -0.39 is 0 Å². The van der Waals surface area contributed by atoms with Crippen molar-refractivity contribution in [1.29, 1.82) is 0 Å². The second-order valence-electron chi connectivity index (χ2n) is 7.97. The van der Waals surface area contributed by atoms with Crippen LogP contribution in [0.3, 0.4) is 0 Å². The van der Waals surface area contributed by atoms with E-state index in [1.54, 1.807) is 16.8 Å². The van der Waals surface area contributed by atoms with Gasteiger partial charge in [0.1, 0.15) is 5.69 Å². The lowest BCUT2D eigenvalue weighted by atomic mass is 9.85. The van der Waals surface area contributed by atoms with Crippen molar-refractivity contribution in [3.63, 3.8) is 0 Å².